The van der Waals surface area contributed by atoms with Gasteiger partial charge >= 0.3 is 5.97 Å². The molecule has 112 valence electrons. The molecule has 0 saturated carbocycles. The molecule has 1 aromatic carbocycles. The minimum atomic E-state index is -1.31. The van der Waals surface area contributed by atoms with Crippen LogP contribution in [-0.4, -0.2) is 35.5 Å². The Morgan fingerprint density at radius 2 is 1.65 bits per heavy atom. The van der Waals surface area contributed by atoms with Crippen molar-refractivity contribution in [2.45, 2.75) is 32.6 Å². The number of rotatable bonds is 7. The van der Waals surface area contributed by atoms with Gasteiger partial charge in [-0.1, -0.05) is 19.8 Å². The highest BCUT2D eigenvalue weighted by molar-refractivity contribution is 5.95. The number of carboxylic acid groups (broad SMARTS) is 1. The molecular weight excluding hydrogens is 264 g/mol. The number of phenols is 2. The fourth-order valence-electron chi connectivity index (χ4n) is 2.15. The van der Waals surface area contributed by atoms with Gasteiger partial charge in [-0.3, -0.25) is 0 Å². The average molecular weight is 284 g/mol. The summed E-state index contributed by atoms with van der Waals surface area (Å²) in [7, 11) is 2.68. The van der Waals surface area contributed by atoms with Crippen LogP contribution >= 0.6 is 0 Å². The van der Waals surface area contributed by atoms with Crippen LogP contribution in [-0.2, 0) is 6.42 Å². The number of hydrogen-bond donors (Lipinski definition) is 3. The first kappa shape index (κ1) is 15.9. The summed E-state index contributed by atoms with van der Waals surface area (Å²) in [6, 6.07) is 0. The number of ether oxygens (including phenoxy) is 2. The fraction of sp³-hybridized carbons (Fsp3) is 0.500. The summed E-state index contributed by atoms with van der Waals surface area (Å²) in [4.78, 5) is 11.3. The lowest BCUT2D eigenvalue weighted by molar-refractivity contribution is 0.0691. The van der Waals surface area contributed by atoms with Crippen molar-refractivity contribution >= 4 is 5.97 Å². The van der Waals surface area contributed by atoms with Gasteiger partial charge < -0.3 is 24.8 Å². The summed E-state index contributed by atoms with van der Waals surface area (Å²) >= 11 is 0. The van der Waals surface area contributed by atoms with Gasteiger partial charge in [-0.25, -0.2) is 4.79 Å². The number of aromatic carboxylic acids is 1. The number of methoxy groups -OCH3 is 2. The van der Waals surface area contributed by atoms with E-state index in [0.717, 1.165) is 19.3 Å². The van der Waals surface area contributed by atoms with Gasteiger partial charge in [0.25, 0.3) is 0 Å². The maximum atomic E-state index is 11.3. The van der Waals surface area contributed by atoms with Crippen LogP contribution in [0.15, 0.2) is 0 Å². The normalized spacial score (nSPS) is 10.3. The molecule has 20 heavy (non-hydrogen) atoms. The summed E-state index contributed by atoms with van der Waals surface area (Å²) in [5, 5.41) is 28.9. The zero-order valence-corrected chi connectivity index (χ0v) is 11.9. The van der Waals surface area contributed by atoms with Gasteiger partial charge in [-0.05, 0) is 12.8 Å². The lowest BCUT2D eigenvalue weighted by atomic mass is 9.97. The molecule has 0 radical (unpaired) electrons. The van der Waals surface area contributed by atoms with Crippen LogP contribution in [0.1, 0.15) is 42.1 Å². The first-order chi connectivity index (χ1) is 9.49. The summed E-state index contributed by atoms with van der Waals surface area (Å²) < 4.78 is 10.2. The Hall–Kier alpha value is -2.11. The van der Waals surface area contributed by atoms with E-state index in [1.165, 1.54) is 14.2 Å². The minimum Gasteiger partial charge on any atom is -0.504 e. The van der Waals surface area contributed by atoms with E-state index >= 15 is 0 Å². The Balaban J connectivity index is 3.48. The van der Waals surface area contributed by atoms with Gasteiger partial charge in [0.15, 0.2) is 11.5 Å². The maximum absolute atomic E-state index is 11.3. The van der Waals surface area contributed by atoms with E-state index in [0.29, 0.717) is 12.0 Å². The van der Waals surface area contributed by atoms with Gasteiger partial charge in [-0.2, -0.15) is 0 Å². The second-order valence-corrected chi connectivity index (χ2v) is 4.38. The molecule has 3 N–H and O–H groups in total. The van der Waals surface area contributed by atoms with Crippen molar-refractivity contribution in [1.29, 1.82) is 0 Å². The van der Waals surface area contributed by atoms with Crippen LogP contribution in [0.25, 0.3) is 0 Å². The fourth-order valence-corrected chi connectivity index (χ4v) is 2.15. The lowest BCUT2D eigenvalue weighted by Gasteiger charge is -2.18. The number of carbonyl (C=O) groups is 1. The molecule has 0 aliphatic carbocycles. The zero-order valence-electron chi connectivity index (χ0n) is 11.9. The highest BCUT2D eigenvalue weighted by Crippen LogP contribution is 2.48. The number of aromatic hydroxyl groups is 2. The Labute approximate surface area is 117 Å². The molecular formula is C14H20O6. The predicted molar refractivity (Wildman–Crippen MR) is 73.1 cm³/mol. The van der Waals surface area contributed by atoms with Crippen LogP contribution in [0.2, 0.25) is 0 Å². The Morgan fingerprint density at radius 3 is 2.10 bits per heavy atom. The first-order valence-electron chi connectivity index (χ1n) is 6.41. The molecule has 0 bridgehead atoms. The Kier molecular flexibility index (Phi) is 5.49. The van der Waals surface area contributed by atoms with E-state index in [4.69, 9.17) is 9.47 Å². The van der Waals surface area contributed by atoms with E-state index in [-0.39, 0.29) is 17.1 Å². The highest BCUT2D eigenvalue weighted by atomic mass is 16.5. The second kappa shape index (κ2) is 6.88. The number of benzene rings is 1. The van der Waals surface area contributed by atoms with E-state index in [1.807, 2.05) is 6.92 Å². The molecule has 0 fully saturated rings. The molecule has 0 saturated heterocycles. The van der Waals surface area contributed by atoms with Crippen molar-refractivity contribution in [2.75, 3.05) is 14.2 Å². The standard InChI is InChI=1S/C14H20O6/c1-4-5-6-7-8-9(14(17)18)10(15)11(16)13(20-3)12(8)19-2/h15-16H,4-7H2,1-3H3,(H,17,18). The van der Waals surface area contributed by atoms with Crippen LogP contribution in [0.5, 0.6) is 23.0 Å². The van der Waals surface area contributed by atoms with Crippen molar-refractivity contribution < 1.29 is 29.6 Å². The monoisotopic (exact) mass is 284 g/mol. The molecule has 6 heteroatoms. The smallest absolute Gasteiger partial charge is 0.340 e. The van der Waals surface area contributed by atoms with E-state index in [9.17, 15) is 20.1 Å². The largest absolute Gasteiger partial charge is 0.504 e. The Morgan fingerprint density at radius 1 is 1.05 bits per heavy atom. The minimum absolute atomic E-state index is 0.0542. The van der Waals surface area contributed by atoms with Crippen LogP contribution in [0, 0.1) is 0 Å². The lowest BCUT2D eigenvalue weighted by Crippen LogP contribution is -2.07. The molecule has 0 unspecified atom stereocenters. The number of hydrogen-bond acceptors (Lipinski definition) is 5. The average Bonchev–Trinajstić information content (AvgIpc) is 2.41. The summed E-state index contributed by atoms with van der Waals surface area (Å²) in [5.74, 6) is -2.54. The first-order valence-corrected chi connectivity index (χ1v) is 6.41. The third-order valence-electron chi connectivity index (χ3n) is 3.11. The van der Waals surface area contributed by atoms with Gasteiger partial charge in [0.2, 0.25) is 11.5 Å². The zero-order chi connectivity index (χ0) is 15.3. The molecule has 0 aliphatic rings. The molecule has 0 aliphatic heterocycles. The van der Waals surface area contributed by atoms with Crippen molar-refractivity contribution in [3.63, 3.8) is 0 Å². The van der Waals surface area contributed by atoms with E-state index < -0.39 is 17.5 Å². The van der Waals surface area contributed by atoms with Crippen molar-refractivity contribution in [1.82, 2.24) is 0 Å². The van der Waals surface area contributed by atoms with Crippen LogP contribution < -0.4 is 9.47 Å². The summed E-state index contributed by atoms with van der Waals surface area (Å²) in [6.45, 7) is 2.03. The molecule has 0 aromatic heterocycles. The summed E-state index contributed by atoms with van der Waals surface area (Å²) in [5.41, 5.74) is -0.00291. The molecule has 0 spiro atoms. The Bertz CT molecular complexity index is 495. The molecule has 6 nitrogen and oxygen atoms in total. The molecule has 0 heterocycles. The summed E-state index contributed by atoms with van der Waals surface area (Å²) in [6.07, 6.45) is 3.07. The third kappa shape index (κ3) is 2.89. The van der Waals surface area contributed by atoms with Crippen molar-refractivity contribution in [3.05, 3.63) is 11.1 Å². The van der Waals surface area contributed by atoms with E-state index in [1.54, 1.807) is 0 Å². The SMILES string of the molecule is CCCCCc1c(OC)c(OC)c(O)c(O)c1C(=O)O. The van der Waals surface area contributed by atoms with Gasteiger partial charge in [0.05, 0.1) is 14.2 Å². The van der Waals surface area contributed by atoms with Crippen LogP contribution in [0.3, 0.4) is 0 Å². The topological polar surface area (TPSA) is 96.2 Å². The second-order valence-electron chi connectivity index (χ2n) is 4.38. The van der Waals surface area contributed by atoms with Crippen LogP contribution in [0.4, 0.5) is 0 Å². The number of carboxylic acids is 1. The molecule has 0 amide bonds. The third-order valence-corrected chi connectivity index (χ3v) is 3.11. The van der Waals surface area contributed by atoms with Gasteiger partial charge in [0, 0.05) is 5.56 Å². The number of phenolic OH excluding ortho intramolecular Hbond substituents is 1. The predicted octanol–water partition coefficient (Wildman–Crippen LogP) is 2.55. The molecule has 0 atom stereocenters. The maximum Gasteiger partial charge on any atom is 0.340 e. The quantitative estimate of drug-likeness (QED) is 0.526. The highest BCUT2D eigenvalue weighted by Gasteiger charge is 2.28. The van der Waals surface area contributed by atoms with Crippen molar-refractivity contribution in [3.8, 4) is 23.0 Å². The molecule has 1 aromatic rings. The van der Waals surface area contributed by atoms with Gasteiger partial charge in [-0.15, -0.1) is 0 Å². The van der Waals surface area contributed by atoms with Crippen molar-refractivity contribution in [2.24, 2.45) is 0 Å². The number of unbranched alkanes of at least 4 members (excludes halogenated alkanes) is 2. The van der Waals surface area contributed by atoms with E-state index in [2.05, 4.69) is 0 Å². The molecule has 1 rings (SSSR count). The van der Waals surface area contributed by atoms with Gasteiger partial charge in [0.1, 0.15) is 5.56 Å².